The van der Waals surface area contributed by atoms with Crippen molar-refractivity contribution in [3.63, 3.8) is 0 Å². The van der Waals surface area contributed by atoms with Crippen LogP contribution >= 0.6 is 0 Å². The Kier molecular flexibility index (Phi) is 5.15. The van der Waals surface area contributed by atoms with Gasteiger partial charge in [-0.2, -0.15) is 13.2 Å². The Morgan fingerprint density at radius 2 is 2.00 bits per heavy atom. The molecular formula is C10H13F3N2O3S. The first-order valence-corrected chi connectivity index (χ1v) is 6.69. The second-order valence-corrected chi connectivity index (χ2v) is 5.40. The first-order valence-electron chi connectivity index (χ1n) is 5.20. The molecule has 0 atom stereocenters. The molecule has 0 aliphatic rings. The number of anilines is 1. The molecule has 0 bridgehead atoms. The zero-order valence-electron chi connectivity index (χ0n) is 9.77. The molecule has 0 fully saturated rings. The van der Waals surface area contributed by atoms with E-state index in [0.29, 0.717) is 0 Å². The molecule has 0 aliphatic heterocycles. The van der Waals surface area contributed by atoms with Crippen molar-refractivity contribution in [1.82, 2.24) is 4.72 Å². The molecule has 0 saturated carbocycles. The predicted molar refractivity (Wildman–Crippen MR) is 62.9 cm³/mol. The van der Waals surface area contributed by atoms with Gasteiger partial charge >= 0.3 is 6.18 Å². The van der Waals surface area contributed by atoms with Crippen molar-refractivity contribution in [3.8, 4) is 0 Å². The van der Waals surface area contributed by atoms with E-state index < -0.39 is 22.8 Å². The van der Waals surface area contributed by atoms with E-state index in [9.17, 15) is 21.6 Å². The number of hydrogen-bond donors (Lipinski definition) is 2. The van der Waals surface area contributed by atoms with Gasteiger partial charge in [-0.15, -0.1) is 0 Å². The largest absolute Gasteiger partial charge is 0.411 e. The van der Waals surface area contributed by atoms with E-state index in [0.717, 1.165) is 0 Å². The maximum atomic E-state index is 11.7. The van der Waals surface area contributed by atoms with Gasteiger partial charge < -0.3 is 10.5 Å². The van der Waals surface area contributed by atoms with Crippen LogP contribution in [0.4, 0.5) is 18.9 Å². The van der Waals surface area contributed by atoms with Gasteiger partial charge in [-0.3, -0.25) is 0 Å². The van der Waals surface area contributed by atoms with Gasteiger partial charge in [0.2, 0.25) is 10.0 Å². The molecule has 0 spiro atoms. The van der Waals surface area contributed by atoms with E-state index in [2.05, 4.69) is 9.46 Å². The van der Waals surface area contributed by atoms with Crippen LogP contribution in [0.5, 0.6) is 0 Å². The summed E-state index contributed by atoms with van der Waals surface area (Å²) < 4.78 is 65.0. The number of ether oxygens (including phenoxy) is 1. The quantitative estimate of drug-likeness (QED) is 0.609. The van der Waals surface area contributed by atoms with Gasteiger partial charge in [-0.25, -0.2) is 13.1 Å². The number of nitrogen functional groups attached to an aromatic ring is 1. The summed E-state index contributed by atoms with van der Waals surface area (Å²) in [6.07, 6.45) is -4.42. The van der Waals surface area contributed by atoms with Gasteiger partial charge in [-0.05, 0) is 18.2 Å². The third-order valence-electron chi connectivity index (χ3n) is 1.97. The Morgan fingerprint density at radius 3 is 2.58 bits per heavy atom. The number of benzene rings is 1. The molecule has 0 amide bonds. The van der Waals surface area contributed by atoms with Crippen LogP contribution in [-0.2, 0) is 14.8 Å². The maximum Gasteiger partial charge on any atom is 0.411 e. The van der Waals surface area contributed by atoms with E-state index >= 15 is 0 Å². The average Bonchev–Trinajstić information content (AvgIpc) is 2.27. The number of rotatable bonds is 6. The average molecular weight is 298 g/mol. The lowest BCUT2D eigenvalue weighted by atomic mass is 10.3. The highest BCUT2D eigenvalue weighted by Gasteiger charge is 2.27. The van der Waals surface area contributed by atoms with E-state index in [1.165, 1.54) is 24.3 Å². The van der Waals surface area contributed by atoms with Crippen molar-refractivity contribution < 1.29 is 26.3 Å². The molecule has 0 heterocycles. The fourth-order valence-corrected chi connectivity index (χ4v) is 2.27. The van der Waals surface area contributed by atoms with Crippen LogP contribution in [0, 0.1) is 0 Å². The van der Waals surface area contributed by atoms with Crippen molar-refractivity contribution in [2.45, 2.75) is 11.1 Å². The zero-order chi connectivity index (χ0) is 14.5. The summed E-state index contributed by atoms with van der Waals surface area (Å²) >= 11 is 0. The Bertz CT molecular complexity index is 517. The molecule has 0 saturated heterocycles. The lowest BCUT2D eigenvalue weighted by Crippen LogP contribution is -2.29. The van der Waals surface area contributed by atoms with Crippen molar-refractivity contribution >= 4 is 15.7 Å². The zero-order valence-corrected chi connectivity index (χ0v) is 10.6. The number of sulfonamides is 1. The van der Waals surface area contributed by atoms with Crippen LogP contribution in [0.25, 0.3) is 0 Å². The molecule has 3 N–H and O–H groups in total. The van der Waals surface area contributed by atoms with Crippen molar-refractivity contribution in [2.24, 2.45) is 0 Å². The number of alkyl halides is 3. The minimum absolute atomic E-state index is 0.0525. The summed E-state index contributed by atoms with van der Waals surface area (Å²) in [5.41, 5.74) is 5.71. The molecule has 0 unspecified atom stereocenters. The minimum atomic E-state index is -4.42. The fourth-order valence-electron chi connectivity index (χ4n) is 1.20. The third-order valence-corrected chi connectivity index (χ3v) is 3.43. The summed E-state index contributed by atoms with van der Waals surface area (Å²) in [7, 11) is -3.79. The molecule has 1 aromatic carbocycles. The number of nitrogens with two attached hydrogens (primary N) is 1. The molecule has 108 valence electrons. The lowest BCUT2D eigenvalue weighted by Gasteiger charge is -2.09. The Balaban J connectivity index is 2.44. The molecule has 19 heavy (non-hydrogen) atoms. The summed E-state index contributed by atoms with van der Waals surface area (Å²) in [5.74, 6) is 0. The maximum absolute atomic E-state index is 11.7. The highest BCUT2D eigenvalue weighted by atomic mass is 32.2. The van der Waals surface area contributed by atoms with Gasteiger partial charge in [0.1, 0.15) is 6.61 Å². The predicted octanol–water partition coefficient (Wildman–Crippen LogP) is 1.13. The molecule has 9 heteroatoms. The molecule has 1 rings (SSSR count). The van der Waals surface area contributed by atoms with E-state index in [1.807, 2.05) is 0 Å². The van der Waals surface area contributed by atoms with Gasteiger partial charge in [0.05, 0.1) is 11.5 Å². The molecule has 1 aromatic rings. The summed E-state index contributed by atoms with van der Waals surface area (Å²) in [6, 6.07) is 5.56. The number of nitrogens with one attached hydrogen (secondary N) is 1. The van der Waals surface area contributed by atoms with Crippen molar-refractivity contribution in [3.05, 3.63) is 24.3 Å². The topological polar surface area (TPSA) is 81.4 Å². The molecule has 0 radical (unpaired) electrons. The summed E-state index contributed by atoms with van der Waals surface area (Å²) in [5, 5.41) is 0. The smallest absolute Gasteiger partial charge is 0.399 e. The summed E-state index contributed by atoms with van der Waals surface area (Å²) in [4.78, 5) is -0.0525. The molecule has 0 aromatic heterocycles. The normalized spacial score (nSPS) is 12.6. The van der Waals surface area contributed by atoms with Crippen LogP contribution in [-0.4, -0.2) is 34.4 Å². The lowest BCUT2D eigenvalue weighted by molar-refractivity contribution is -0.173. The molecule has 5 nitrogen and oxygen atoms in total. The number of halogens is 3. The van der Waals surface area contributed by atoms with Crippen molar-refractivity contribution in [2.75, 3.05) is 25.5 Å². The van der Waals surface area contributed by atoms with Gasteiger partial charge in [0.15, 0.2) is 0 Å². The van der Waals surface area contributed by atoms with Crippen LogP contribution in [0.15, 0.2) is 29.2 Å². The van der Waals surface area contributed by atoms with E-state index in [1.54, 1.807) is 0 Å². The second-order valence-electron chi connectivity index (χ2n) is 3.64. The van der Waals surface area contributed by atoms with Crippen LogP contribution < -0.4 is 10.5 Å². The van der Waals surface area contributed by atoms with E-state index in [-0.39, 0.29) is 23.7 Å². The monoisotopic (exact) mass is 298 g/mol. The van der Waals surface area contributed by atoms with Crippen LogP contribution in [0.2, 0.25) is 0 Å². The van der Waals surface area contributed by atoms with Gasteiger partial charge in [0.25, 0.3) is 0 Å². The fraction of sp³-hybridized carbons (Fsp3) is 0.400. The first kappa shape index (κ1) is 15.7. The molecular weight excluding hydrogens is 285 g/mol. The summed E-state index contributed by atoms with van der Waals surface area (Å²) in [6.45, 7) is -2.04. The Hall–Kier alpha value is -1.32. The van der Waals surface area contributed by atoms with Crippen LogP contribution in [0.1, 0.15) is 0 Å². The standard InChI is InChI=1S/C10H13F3N2O3S/c11-10(12,13)7-18-5-4-15-19(16,17)9-3-1-2-8(14)6-9/h1-3,6,15H,4-5,7,14H2. The highest BCUT2D eigenvalue weighted by Crippen LogP contribution is 2.14. The first-order chi connectivity index (χ1) is 8.71. The van der Waals surface area contributed by atoms with Crippen molar-refractivity contribution in [1.29, 1.82) is 0 Å². The molecule has 0 aliphatic carbocycles. The van der Waals surface area contributed by atoms with Gasteiger partial charge in [-0.1, -0.05) is 6.07 Å². The number of hydrogen-bond acceptors (Lipinski definition) is 4. The Labute approximate surface area is 108 Å². The van der Waals surface area contributed by atoms with E-state index in [4.69, 9.17) is 5.73 Å². The minimum Gasteiger partial charge on any atom is -0.399 e. The second kappa shape index (κ2) is 6.22. The Morgan fingerprint density at radius 1 is 1.32 bits per heavy atom. The third kappa shape index (κ3) is 5.90. The highest BCUT2D eigenvalue weighted by molar-refractivity contribution is 7.89. The SMILES string of the molecule is Nc1cccc(S(=O)(=O)NCCOCC(F)(F)F)c1. The van der Waals surface area contributed by atoms with Gasteiger partial charge in [0, 0.05) is 12.2 Å². The van der Waals surface area contributed by atoms with Crippen LogP contribution in [0.3, 0.4) is 0 Å².